The summed E-state index contributed by atoms with van der Waals surface area (Å²) in [5.41, 5.74) is 6.18. The van der Waals surface area contributed by atoms with E-state index in [4.69, 9.17) is 5.73 Å². The van der Waals surface area contributed by atoms with Crippen LogP contribution >= 0.6 is 0 Å². The molecule has 1 fully saturated rings. The van der Waals surface area contributed by atoms with Crippen molar-refractivity contribution in [1.82, 2.24) is 10.6 Å². The molecule has 102 valence electrons. The minimum atomic E-state index is -0.574. The quantitative estimate of drug-likeness (QED) is 0.415. The molecule has 0 aliphatic carbocycles. The monoisotopic (exact) mass is 264 g/mol. The smallest absolute Gasteiger partial charge is 0.293 e. The maximum absolute atomic E-state index is 12.0. The molecule has 0 saturated carbocycles. The highest BCUT2D eigenvalue weighted by Crippen LogP contribution is 2.27. The molecular weight excluding hydrogens is 248 g/mol. The van der Waals surface area contributed by atoms with Crippen molar-refractivity contribution in [1.29, 1.82) is 0 Å². The molecule has 1 heterocycles. The van der Waals surface area contributed by atoms with E-state index in [0.717, 1.165) is 13.1 Å². The lowest BCUT2D eigenvalue weighted by Crippen LogP contribution is -2.48. The Morgan fingerprint density at radius 1 is 1.58 bits per heavy atom. The van der Waals surface area contributed by atoms with Crippen molar-refractivity contribution >= 4 is 17.3 Å². The van der Waals surface area contributed by atoms with E-state index >= 15 is 0 Å². The third-order valence-corrected chi connectivity index (χ3v) is 3.16. The first-order valence-electron chi connectivity index (χ1n) is 6.02. The maximum Gasteiger partial charge on any atom is 0.293 e. The van der Waals surface area contributed by atoms with Crippen molar-refractivity contribution in [3.05, 3.63) is 33.4 Å². The zero-order valence-electron chi connectivity index (χ0n) is 10.6. The van der Waals surface area contributed by atoms with Gasteiger partial charge in [-0.1, -0.05) is 0 Å². The second kappa shape index (κ2) is 5.23. The summed E-state index contributed by atoms with van der Waals surface area (Å²) in [5, 5.41) is 16.7. The number of hydrogen-bond donors (Lipinski definition) is 3. The predicted molar refractivity (Wildman–Crippen MR) is 70.9 cm³/mol. The number of carbonyl (C=O) groups is 1. The molecule has 19 heavy (non-hydrogen) atoms. The number of nitro benzene ring substituents is 1. The van der Waals surface area contributed by atoms with E-state index in [-0.39, 0.29) is 22.8 Å². The number of amides is 1. The molecular formula is C12H16N4O3. The molecule has 0 spiro atoms. The average Bonchev–Trinajstić information content (AvgIpc) is 2.29. The third-order valence-electron chi connectivity index (χ3n) is 3.16. The van der Waals surface area contributed by atoms with Gasteiger partial charge >= 0.3 is 0 Å². The van der Waals surface area contributed by atoms with Gasteiger partial charge < -0.3 is 16.4 Å². The standard InChI is InChI=1S/C12H16N4O3/c1-7-2-9(11(13)10(3-7)16(18)19)12(17)15-6-8-4-14-5-8/h2-3,8,14H,4-6,13H2,1H3,(H,15,17). The Kier molecular flexibility index (Phi) is 3.66. The van der Waals surface area contributed by atoms with Gasteiger partial charge in [0.15, 0.2) is 0 Å². The normalized spacial score (nSPS) is 14.8. The van der Waals surface area contributed by atoms with E-state index in [2.05, 4.69) is 10.6 Å². The van der Waals surface area contributed by atoms with Crippen LogP contribution in [0.25, 0.3) is 0 Å². The van der Waals surface area contributed by atoms with Crippen LogP contribution in [0.2, 0.25) is 0 Å². The molecule has 0 radical (unpaired) electrons. The number of nitrogen functional groups attached to an aromatic ring is 1. The summed E-state index contributed by atoms with van der Waals surface area (Å²) in [6, 6.07) is 2.93. The van der Waals surface area contributed by atoms with Crippen LogP contribution in [0.1, 0.15) is 15.9 Å². The molecule has 7 nitrogen and oxygen atoms in total. The number of anilines is 1. The van der Waals surface area contributed by atoms with Crippen LogP contribution in [0.3, 0.4) is 0 Å². The van der Waals surface area contributed by atoms with Crippen molar-refractivity contribution < 1.29 is 9.72 Å². The van der Waals surface area contributed by atoms with Crippen molar-refractivity contribution in [2.24, 2.45) is 5.92 Å². The second-order valence-electron chi connectivity index (χ2n) is 4.74. The highest BCUT2D eigenvalue weighted by molar-refractivity contribution is 6.01. The first kappa shape index (κ1) is 13.3. The maximum atomic E-state index is 12.0. The van der Waals surface area contributed by atoms with Gasteiger partial charge in [-0.25, -0.2) is 0 Å². The van der Waals surface area contributed by atoms with Crippen LogP contribution in [0.15, 0.2) is 12.1 Å². The lowest BCUT2D eigenvalue weighted by atomic mass is 10.0. The first-order chi connectivity index (χ1) is 8.99. The van der Waals surface area contributed by atoms with E-state index in [0.29, 0.717) is 18.0 Å². The number of nitro groups is 1. The lowest BCUT2D eigenvalue weighted by molar-refractivity contribution is -0.384. The summed E-state index contributed by atoms with van der Waals surface area (Å²) in [4.78, 5) is 22.3. The van der Waals surface area contributed by atoms with E-state index in [9.17, 15) is 14.9 Å². The number of carbonyl (C=O) groups excluding carboxylic acids is 1. The van der Waals surface area contributed by atoms with Crippen LogP contribution in [-0.2, 0) is 0 Å². The summed E-state index contributed by atoms with van der Waals surface area (Å²) in [7, 11) is 0. The molecule has 1 aromatic carbocycles. The predicted octanol–water partition coefficient (Wildman–Crippen LogP) is 0.435. The summed E-state index contributed by atoms with van der Waals surface area (Å²) in [6.45, 7) is 4.00. The SMILES string of the molecule is Cc1cc(C(=O)NCC2CNC2)c(N)c([N+](=O)[O-])c1. The van der Waals surface area contributed by atoms with Crippen molar-refractivity contribution in [3.8, 4) is 0 Å². The third kappa shape index (κ3) is 2.82. The van der Waals surface area contributed by atoms with E-state index < -0.39 is 4.92 Å². The molecule has 0 aromatic heterocycles. The van der Waals surface area contributed by atoms with Gasteiger partial charge in [-0.15, -0.1) is 0 Å². The van der Waals surface area contributed by atoms with Gasteiger partial charge in [-0.05, 0) is 18.6 Å². The highest BCUT2D eigenvalue weighted by atomic mass is 16.6. The lowest BCUT2D eigenvalue weighted by Gasteiger charge is -2.27. The van der Waals surface area contributed by atoms with Crippen molar-refractivity contribution in [2.45, 2.75) is 6.92 Å². The topological polar surface area (TPSA) is 110 Å². The summed E-state index contributed by atoms with van der Waals surface area (Å²) in [5.74, 6) is 0.0566. The van der Waals surface area contributed by atoms with Crippen LogP contribution < -0.4 is 16.4 Å². The number of nitrogens with zero attached hydrogens (tertiary/aromatic N) is 1. The minimum absolute atomic E-state index is 0.0835. The van der Waals surface area contributed by atoms with Gasteiger partial charge in [-0.3, -0.25) is 14.9 Å². The summed E-state index contributed by atoms with van der Waals surface area (Å²) >= 11 is 0. The molecule has 1 aliphatic heterocycles. The van der Waals surface area contributed by atoms with E-state index in [1.807, 2.05) is 0 Å². The number of hydrogen-bond acceptors (Lipinski definition) is 5. The minimum Gasteiger partial charge on any atom is -0.393 e. The Bertz CT molecular complexity index is 526. The second-order valence-corrected chi connectivity index (χ2v) is 4.74. The molecule has 4 N–H and O–H groups in total. The Labute approximate surface area is 110 Å². The first-order valence-corrected chi connectivity index (χ1v) is 6.02. The molecule has 0 bridgehead atoms. The molecule has 0 unspecified atom stereocenters. The van der Waals surface area contributed by atoms with Gasteiger partial charge in [0.1, 0.15) is 5.69 Å². The fraction of sp³-hybridized carbons (Fsp3) is 0.417. The Balaban J connectivity index is 2.17. The number of aryl methyl sites for hydroxylation is 1. The van der Waals surface area contributed by atoms with Gasteiger partial charge in [0.25, 0.3) is 11.6 Å². The fourth-order valence-corrected chi connectivity index (χ4v) is 1.94. The van der Waals surface area contributed by atoms with Gasteiger partial charge in [-0.2, -0.15) is 0 Å². The highest BCUT2D eigenvalue weighted by Gasteiger charge is 2.22. The van der Waals surface area contributed by atoms with Gasteiger partial charge in [0.05, 0.1) is 10.5 Å². The number of rotatable bonds is 4. The summed E-state index contributed by atoms with van der Waals surface area (Å²) < 4.78 is 0. The number of nitrogens with one attached hydrogen (secondary N) is 2. The van der Waals surface area contributed by atoms with Crippen molar-refractivity contribution in [2.75, 3.05) is 25.4 Å². The zero-order chi connectivity index (χ0) is 14.0. The Morgan fingerprint density at radius 3 is 2.79 bits per heavy atom. The molecule has 7 heteroatoms. The molecule has 1 amide bonds. The van der Waals surface area contributed by atoms with E-state index in [1.54, 1.807) is 13.0 Å². The average molecular weight is 264 g/mol. The number of nitrogens with two attached hydrogens (primary N) is 1. The van der Waals surface area contributed by atoms with Gasteiger partial charge in [0.2, 0.25) is 0 Å². The Hall–Kier alpha value is -2.15. The summed E-state index contributed by atoms with van der Waals surface area (Å²) in [6.07, 6.45) is 0. The fourth-order valence-electron chi connectivity index (χ4n) is 1.94. The molecule has 1 aromatic rings. The molecule has 2 rings (SSSR count). The van der Waals surface area contributed by atoms with E-state index in [1.165, 1.54) is 6.07 Å². The van der Waals surface area contributed by atoms with Crippen LogP contribution in [0.5, 0.6) is 0 Å². The molecule has 1 saturated heterocycles. The van der Waals surface area contributed by atoms with Crippen molar-refractivity contribution in [3.63, 3.8) is 0 Å². The molecule has 0 atom stereocenters. The van der Waals surface area contributed by atoms with Crippen LogP contribution in [-0.4, -0.2) is 30.5 Å². The van der Waals surface area contributed by atoms with Crippen LogP contribution in [0.4, 0.5) is 11.4 Å². The number of benzene rings is 1. The van der Waals surface area contributed by atoms with Gasteiger partial charge in [0, 0.05) is 31.6 Å². The molecule has 1 aliphatic rings. The zero-order valence-corrected chi connectivity index (χ0v) is 10.6. The van der Waals surface area contributed by atoms with Crippen LogP contribution in [0, 0.1) is 23.0 Å². The largest absolute Gasteiger partial charge is 0.393 e. The Morgan fingerprint density at radius 2 is 2.26 bits per heavy atom.